The molecule has 0 atom stereocenters. The Kier molecular flexibility index (Phi) is 6.22. The lowest BCUT2D eigenvalue weighted by atomic mass is 10.3. The van der Waals surface area contributed by atoms with Gasteiger partial charge in [-0.3, -0.25) is 9.59 Å². The molecule has 0 fully saturated rings. The normalized spacial score (nSPS) is 10.8. The van der Waals surface area contributed by atoms with Gasteiger partial charge in [-0.25, -0.2) is 4.79 Å². The lowest BCUT2D eigenvalue weighted by molar-refractivity contribution is -0.202. The molecule has 17 heavy (non-hydrogen) atoms. The Morgan fingerprint density at radius 1 is 1.06 bits per heavy atom. The molecule has 0 N–H and O–H groups in total. The molecule has 0 aliphatic heterocycles. The molecule has 0 aromatic heterocycles. The van der Waals surface area contributed by atoms with Crippen LogP contribution in [-0.2, 0) is 23.9 Å². The molecule has 0 aliphatic carbocycles. The van der Waals surface area contributed by atoms with Crippen molar-refractivity contribution in [2.24, 2.45) is 0 Å². The van der Waals surface area contributed by atoms with Gasteiger partial charge >= 0.3 is 24.1 Å². The second kappa shape index (κ2) is 6.87. The van der Waals surface area contributed by atoms with E-state index >= 15 is 0 Å². The van der Waals surface area contributed by atoms with Crippen molar-refractivity contribution in [3.8, 4) is 0 Å². The molecule has 0 spiro atoms. The van der Waals surface area contributed by atoms with E-state index in [0.29, 0.717) is 6.42 Å². The Labute approximate surface area is 94.9 Å². The first-order chi connectivity index (χ1) is 7.77. The summed E-state index contributed by atoms with van der Waals surface area (Å²) in [7, 11) is 0. The minimum atomic E-state index is -5.21. The number of carbonyl (C=O) groups excluding carboxylic acids is 3. The quantitative estimate of drug-likeness (QED) is 0.548. The van der Waals surface area contributed by atoms with E-state index in [1.807, 2.05) is 0 Å². The van der Waals surface area contributed by atoms with E-state index in [1.165, 1.54) is 0 Å². The van der Waals surface area contributed by atoms with Crippen LogP contribution in [0.4, 0.5) is 13.2 Å². The molecule has 0 bridgehead atoms. The van der Waals surface area contributed by atoms with Gasteiger partial charge in [-0.1, -0.05) is 6.92 Å². The second-order valence-corrected chi connectivity index (χ2v) is 2.98. The summed E-state index contributed by atoms with van der Waals surface area (Å²) >= 11 is 0. The van der Waals surface area contributed by atoms with Crippen LogP contribution in [0, 0.1) is 0 Å². The molecule has 0 rings (SSSR count). The summed E-state index contributed by atoms with van der Waals surface area (Å²) in [5.41, 5.74) is 0. The number of halogens is 3. The van der Waals surface area contributed by atoms with Crippen LogP contribution in [0.3, 0.4) is 0 Å². The van der Waals surface area contributed by atoms with Crippen LogP contribution in [0.25, 0.3) is 0 Å². The first-order valence-corrected chi connectivity index (χ1v) is 4.74. The van der Waals surface area contributed by atoms with Crippen LogP contribution in [0.5, 0.6) is 0 Å². The topological polar surface area (TPSA) is 69.7 Å². The Morgan fingerprint density at radius 3 is 2.12 bits per heavy atom. The van der Waals surface area contributed by atoms with E-state index in [9.17, 15) is 27.6 Å². The fraction of sp³-hybridized carbons (Fsp3) is 0.667. The summed E-state index contributed by atoms with van der Waals surface area (Å²) in [5.74, 6) is -4.54. The number of rotatable bonds is 5. The average Bonchev–Trinajstić information content (AvgIpc) is 2.16. The Morgan fingerprint density at radius 2 is 1.65 bits per heavy atom. The van der Waals surface area contributed by atoms with E-state index < -0.39 is 37.1 Å². The van der Waals surface area contributed by atoms with Crippen molar-refractivity contribution in [3.05, 3.63) is 0 Å². The largest absolute Gasteiger partial charge is 0.491 e. The molecule has 0 radical (unpaired) electrons. The van der Waals surface area contributed by atoms with E-state index in [2.05, 4.69) is 9.47 Å². The van der Waals surface area contributed by atoms with Crippen molar-refractivity contribution >= 4 is 17.9 Å². The predicted octanol–water partition coefficient (Wildman–Crippen LogP) is 1.35. The fourth-order valence-corrected chi connectivity index (χ4v) is 0.737. The number of hydrogen-bond acceptors (Lipinski definition) is 5. The van der Waals surface area contributed by atoms with Gasteiger partial charge in [-0.15, -0.1) is 0 Å². The zero-order chi connectivity index (χ0) is 13.5. The summed E-state index contributed by atoms with van der Waals surface area (Å²) in [6.45, 7) is 1.32. The molecule has 0 aliphatic rings. The number of esters is 3. The number of alkyl halides is 3. The molecule has 98 valence electrons. The first kappa shape index (κ1) is 15.4. The van der Waals surface area contributed by atoms with Crippen molar-refractivity contribution in [2.45, 2.75) is 32.4 Å². The van der Waals surface area contributed by atoms with Gasteiger partial charge in [0, 0.05) is 6.42 Å². The number of carbonyl (C=O) groups is 3. The lowest BCUT2D eigenvalue weighted by Crippen LogP contribution is -2.28. The smallest absolute Gasteiger partial charge is 0.465 e. The predicted molar refractivity (Wildman–Crippen MR) is 47.6 cm³/mol. The Bertz CT molecular complexity index is 297. The molecule has 0 amide bonds. The molecule has 0 heterocycles. The highest BCUT2D eigenvalue weighted by Gasteiger charge is 2.42. The standard InChI is InChI=1S/C9H11F3O5/c1-2-3-6(13)16-5-4-7(14)17-8(15)9(10,11)12/h2-5H2,1H3. The summed E-state index contributed by atoms with van der Waals surface area (Å²) in [6, 6.07) is 0. The zero-order valence-electron chi connectivity index (χ0n) is 9.00. The molecule has 0 aromatic rings. The maximum atomic E-state index is 11.6. The van der Waals surface area contributed by atoms with E-state index in [-0.39, 0.29) is 6.42 Å². The van der Waals surface area contributed by atoms with Crippen LogP contribution in [0.1, 0.15) is 26.2 Å². The highest BCUT2D eigenvalue weighted by Crippen LogP contribution is 2.16. The van der Waals surface area contributed by atoms with Crippen molar-refractivity contribution in [1.82, 2.24) is 0 Å². The summed E-state index contributed by atoms with van der Waals surface area (Å²) in [6.07, 6.45) is -5.11. The van der Waals surface area contributed by atoms with Crippen molar-refractivity contribution in [3.63, 3.8) is 0 Å². The summed E-state index contributed by atoms with van der Waals surface area (Å²) in [4.78, 5) is 31.7. The molecular formula is C9H11F3O5. The molecule has 5 nitrogen and oxygen atoms in total. The molecule has 0 unspecified atom stereocenters. The molecule has 0 saturated heterocycles. The van der Waals surface area contributed by atoms with Crippen LogP contribution < -0.4 is 0 Å². The maximum absolute atomic E-state index is 11.6. The third-order valence-corrected chi connectivity index (χ3v) is 1.46. The van der Waals surface area contributed by atoms with E-state index in [1.54, 1.807) is 6.92 Å². The van der Waals surface area contributed by atoms with Crippen LogP contribution >= 0.6 is 0 Å². The van der Waals surface area contributed by atoms with E-state index in [4.69, 9.17) is 0 Å². The van der Waals surface area contributed by atoms with Gasteiger partial charge < -0.3 is 9.47 Å². The molecular weight excluding hydrogens is 245 g/mol. The zero-order valence-corrected chi connectivity index (χ0v) is 9.00. The molecule has 8 heteroatoms. The van der Waals surface area contributed by atoms with Gasteiger partial charge in [0.25, 0.3) is 0 Å². The van der Waals surface area contributed by atoms with Gasteiger partial charge in [-0.2, -0.15) is 13.2 Å². The fourth-order valence-electron chi connectivity index (χ4n) is 0.737. The van der Waals surface area contributed by atoms with Gasteiger partial charge in [0.05, 0.1) is 6.42 Å². The second-order valence-electron chi connectivity index (χ2n) is 2.98. The van der Waals surface area contributed by atoms with Crippen LogP contribution in [0.2, 0.25) is 0 Å². The number of ether oxygens (including phenoxy) is 2. The van der Waals surface area contributed by atoms with Crippen molar-refractivity contribution < 1.29 is 37.0 Å². The highest BCUT2D eigenvalue weighted by molar-refractivity contribution is 5.88. The average molecular weight is 256 g/mol. The Hall–Kier alpha value is -1.60. The lowest BCUT2D eigenvalue weighted by Gasteiger charge is -2.06. The van der Waals surface area contributed by atoms with Crippen LogP contribution in [-0.4, -0.2) is 30.7 Å². The minimum Gasteiger partial charge on any atom is -0.465 e. The van der Waals surface area contributed by atoms with E-state index in [0.717, 1.165) is 0 Å². The third kappa shape index (κ3) is 7.31. The number of hydrogen-bond donors (Lipinski definition) is 0. The van der Waals surface area contributed by atoms with Crippen molar-refractivity contribution in [2.75, 3.05) is 6.61 Å². The van der Waals surface area contributed by atoms with Gasteiger partial charge in [-0.05, 0) is 6.42 Å². The van der Waals surface area contributed by atoms with Gasteiger partial charge in [0.1, 0.15) is 6.61 Å². The maximum Gasteiger partial charge on any atom is 0.491 e. The third-order valence-electron chi connectivity index (χ3n) is 1.46. The van der Waals surface area contributed by atoms with Gasteiger partial charge in [0.15, 0.2) is 0 Å². The first-order valence-electron chi connectivity index (χ1n) is 4.74. The monoisotopic (exact) mass is 256 g/mol. The van der Waals surface area contributed by atoms with Gasteiger partial charge in [0.2, 0.25) is 0 Å². The summed E-state index contributed by atoms with van der Waals surface area (Å²) in [5, 5.41) is 0. The molecule has 0 saturated carbocycles. The summed E-state index contributed by atoms with van der Waals surface area (Å²) < 4.78 is 42.9. The SMILES string of the molecule is CCCC(=O)OCCC(=O)OC(=O)C(F)(F)F. The van der Waals surface area contributed by atoms with Crippen LogP contribution in [0.15, 0.2) is 0 Å². The highest BCUT2D eigenvalue weighted by atomic mass is 19.4. The minimum absolute atomic E-state index is 0.149. The molecule has 0 aromatic carbocycles. The Balaban J connectivity index is 3.82. The van der Waals surface area contributed by atoms with Crippen molar-refractivity contribution in [1.29, 1.82) is 0 Å².